The Hall–Kier alpha value is -2.78. The zero-order chi connectivity index (χ0) is 20.5. The number of pyridine rings is 1. The molecular formula is C20H21ClN2O4. The molecule has 0 atom stereocenters. The average molecular weight is 389 g/mol. The fourth-order valence-corrected chi connectivity index (χ4v) is 3.05. The van der Waals surface area contributed by atoms with Crippen molar-refractivity contribution in [1.82, 2.24) is 4.57 Å². The van der Waals surface area contributed by atoms with E-state index in [9.17, 15) is 20.0 Å². The normalized spacial score (nSPS) is 10.7. The number of nitrogens with zero attached hydrogens (tertiary/aromatic N) is 2. The molecule has 0 saturated carbocycles. The molecule has 0 amide bonds. The summed E-state index contributed by atoms with van der Waals surface area (Å²) in [5.41, 5.74) is 0.916. The third kappa shape index (κ3) is 3.83. The summed E-state index contributed by atoms with van der Waals surface area (Å²) in [5, 5.41) is 20.4. The predicted molar refractivity (Wildman–Crippen MR) is 103 cm³/mol. The number of halogens is 1. The van der Waals surface area contributed by atoms with Gasteiger partial charge in [0.15, 0.2) is 6.61 Å². The number of aromatic hydroxyl groups is 1. The van der Waals surface area contributed by atoms with E-state index in [-0.39, 0.29) is 23.3 Å². The molecule has 0 aliphatic carbocycles. The Morgan fingerprint density at radius 2 is 1.85 bits per heavy atom. The summed E-state index contributed by atoms with van der Waals surface area (Å²) in [7, 11) is 0. The SMILES string of the molecule is Cc1cc(OCC(=O)c2c(C)c(C#N)c(=O)n(C(C)C)c2O)cc(C)c1Cl. The summed E-state index contributed by atoms with van der Waals surface area (Å²) in [6, 6.07) is 4.83. The number of ketones is 1. The van der Waals surface area contributed by atoms with Crippen LogP contribution >= 0.6 is 11.6 Å². The number of hydrogen-bond donors (Lipinski definition) is 1. The molecule has 2 aromatic rings. The highest BCUT2D eigenvalue weighted by molar-refractivity contribution is 6.32. The lowest BCUT2D eigenvalue weighted by atomic mass is 10.0. The first-order valence-corrected chi connectivity index (χ1v) is 8.78. The number of hydrogen-bond acceptors (Lipinski definition) is 5. The second-order valence-corrected chi connectivity index (χ2v) is 7.04. The van der Waals surface area contributed by atoms with Crippen molar-refractivity contribution in [3.05, 3.63) is 55.3 Å². The molecule has 1 N–H and O–H groups in total. The van der Waals surface area contributed by atoms with Crippen LogP contribution < -0.4 is 10.3 Å². The van der Waals surface area contributed by atoms with Crippen LogP contribution in [0.5, 0.6) is 11.6 Å². The third-order valence-electron chi connectivity index (χ3n) is 4.32. The first-order chi connectivity index (χ1) is 12.6. The smallest absolute Gasteiger partial charge is 0.271 e. The first kappa shape index (κ1) is 20.5. The van der Waals surface area contributed by atoms with Crippen molar-refractivity contribution >= 4 is 17.4 Å². The van der Waals surface area contributed by atoms with Crippen LogP contribution in [0.15, 0.2) is 16.9 Å². The lowest BCUT2D eigenvalue weighted by molar-refractivity contribution is 0.0916. The maximum Gasteiger partial charge on any atom is 0.271 e. The molecule has 0 fully saturated rings. The fourth-order valence-electron chi connectivity index (χ4n) is 2.95. The van der Waals surface area contributed by atoms with E-state index in [0.29, 0.717) is 10.8 Å². The summed E-state index contributed by atoms with van der Waals surface area (Å²) in [6.07, 6.45) is 0. The van der Waals surface area contributed by atoms with Crippen molar-refractivity contribution in [2.24, 2.45) is 0 Å². The zero-order valence-electron chi connectivity index (χ0n) is 15.9. The number of aromatic nitrogens is 1. The monoisotopic (exact) mass is 388 g/mol. The van der Waals surface area contributed by atoms with Gasteiger partial charge in [-0.1, -0.05) is 11.6 Å². The largest absolute Gasteiger partial charge is 0.494 e. The number of carbonyl (C=O) groups is 1. The Morgan fingerprint density at radius 3 is 2.33 bits per heavy atom. The van der Waals surface area contributed by atoms with Crippen molar-refractivity contribution in [3.8, 4) is 17.7 Å². The molecule has 0 aliphatic rings. The van der Waals surface area contributed by atoms with E-state index >= 15 is 0 Å². The molecule has 1 aromatic carbocycles. The summed E-state index contributed by atoms with van der Waals surface area (Å²) >= 11 is 6.13. The van der Waals surface area contributed by atoms with E-state index in [1.54, 1.807) is 26.0 Å². The van der Waals surface area contributed by atoms with E-state index in [2.05, 4.69) is 0 Å². The first-order valence-electron chi connectivity index (χ1n) is 8.41. The lowest BCUT2D eigenvalue weighted by Crippen LogP contribution is -2.28. The number of carbonyl (C=O) groups excluding carboxylic acids is 1. The van der Waals surface area contributed by atoms with E-state index in [1.165, 1.54) is 6.92 Å². The van der Waals surface area contributed by atoms with Gasteiger partial charge < -0.3 is 9.84 Å². The fraction of sp³-hybridized carbons (Fsp3) is 0.350. The van der Waals surface area contributed by atoms with Gasteiger partial charge in [0, 0.05) is 11.1 Å². The molecule has 2 rings (SSSR count). The molecule has 27 heavy (non-hydrogen) atoms. The van der Waals surface area contributed by atoms with Gasteiger partial charge in [-0.25, -0.2) is 0 Å². The minimum Gasteiger partial charge on any atom is -0.494 e. The van der Waals surface area contributed by atoms with Crippen LogP contribution in [0.1, 0.15) is 52.5 Å². The van der Waals surface area contributed by atoms with E-state index < -0.39 is 23.3 Å². The Kier molecular flexibility index (Phi) is 5.97. The molecular weight excluding hydrogens is 368 g/mol. The van der Waals surface area contributed by atoms with Crippen LogP contribution in [0.3, 0.4) is 0 Å². The highest BCUT2D eigenvalue weighted by atomic mass is 35.5. The number of rotatable bonds is 5. The summed E-state index contributed by atoms with van der Waals surface area (Å²) < 4.78 is 6.60. The third-order valence-corrected chi connectivity index (χ3v) is 4.92. The zero-order valence-corrected chi connectivity index (χ0v) is 16.6. The molecule has 6 nitrogen and oxygen atoms in total. The number of nitriles is 1. The van der Waals surface area contributed by atoms with E-state index in [4.69, 9.17) is 16.3 Å². The van der Waals surface area contributed by atoms with E-state index in [1.807, 2.05) is 19.9 Å². The van der Waals surface area contributed by atoms with Crippen LogP contribution in [0.2, 0.25) is 5.02 Å². The quantitative estimate of drug-likeness (QED) is 0.785. The maximum absolute atomic E-state index is 12.7. The molecule has 0 spiro atoms. The van der Waals surface area contributed by atoms with Crippen LogP contribution in [0.4, 0.5) is 0 Å². The molecule has 0 saturated heterocycles. The van der Waals surface area contributed by atoms with Gasteiger partial charge >= 0.3 is 0 Å². The molecule has 1 aromatic heterocycles. The van der Waals surface area contributed by atoms with Gasteiger partial charge in [0.05, 0.1) is 5.56 Å². The minimum atomic E-state index is -0.621. The Morgan fingerprint density at radius 1 is 1.30 bits per heavy atom. The molecule has 0 radical (unpaired) electrons. The van der Waals surface area contributed by atoms with Gasteiger partial charge in [0.2, 0.25) is 11.7 Å². The van der Waals surface area contributed by atoms with Crippen molar-refractivity contribution in [2.75, 3.05) is 6.61 Å². The Bertz CT molecular complexity index is 993. The van der Waals surface area contributed by atoms with E-state index in [0.717, 1.165) is 15.7 Å². The summed E-state index contributed by atoms with van der Waals surface area (Å²) in [5.74, 6) is -0.512. The van der Waals surface area contributed by atoms with Crippen molar-refractivity contribution in [3.63, 3.8) is 0 Å². The maximum atomic E-state index is 12.7. The van der Waals surface area contributed by atoms with Crippen molar-refractivity contribution in [2.45, 2.75) is 40.7 Å². The average Bonchev–Trinajstić information content (AvgIpc) is 2.57. The predicted octanol–water partition coefficient (Wildman–Crippen LogP) is 3.85. The summed E-state index contributed by atoms with van der Waals surface area (Å²) in [6.45, 7) is 8.14. The molecule has 0 aliphatic heterocycles. The number of aryl methyl sites for hydroxylation is 2. The van der Waals surface area contributed by atoms with Gasteiger partial charge in [-0.15, -0.1) is 0 Å². The standard InChI is InChI=1S/C20H21ClN2O4/c1-10(2)23-19(25)15(8-22)13(5)17(20(23)26)16(24)9-27-14-6-11(3)18(21)12(4)7-14/h6-7,10,26H,9H2,1-5H3. The van der Waals surface area contributed by atoms with Gasteiger partial charge in [0.25, 0.3) is 5.56 Å². The molecule has 0 unspecified atom stereocenters. The number of ether oxygens (including phenoxy) is 1. The second-order valence-electron chi connectivity index (χ2n) is 6.66. The highest BCUT2D eigenvalue weighted by Crippen LogP contribution is 2.27. The number of Topliss-reactive ketones (excluding diaryl/α,β-unsaturated/α-hetero) is 1. The van der Waals surface area contributed by atoms with Crippen LogP contribution in [-0.4, -0.2) is 22.1 Å². The molecule has 0 bridgehead atoms. The van der Waals surface area contributed by atoms with Crippen LogP contribution in [-0.2, 0) is 0 Å². The second kappa shape index (κ2) is 7.85. The lowest BCUT2D eigenvalue weighted by Gasteiger charge is -2.18. The minimum absolute atomic E-state index is 0.0812. The van der Waals surface area contributed by atoms with Gasteiger partial charge in [-0.3, -0.25) is 14.2 Å². The van der Waals surface area contributed by atoms with Crippen LogP contribution in [0.25, 0.3) is 0 Å². The molecule has 142 valence electrons. The molecule has 7 heteroatoms. The topological polar surface area (TPSA) is 92.3 Å². The van der Waals surface area contributed by atoms with Gasteiger partial charge in [0.1, 0.15) is 17.4 Å². The highest BCUT2D eigenvalue weighted by Gasteiger charge is 2.25. The number of benzene rings is 1. The van der Waals surface area contributed by atoms with Crippen molar-refractivity contribution < 1.29 is 14.6 Å². The Balaban J connectivity index is 2.44. The Labute approximate surface area is 162 Å². The summed E-state index contributed by atoms with van der Waals surface area (Å²) in [4.78, 5) is 25.1. The molecule has 1 heterocycles. The van der Waals surface area contributed by atoms with Gasteiger partial charge in [-0.2, -0.15) is 5.26 Å². The van der Waals surface area contributed by atoms with Gasteiger partial charge in [-0.05, 0) is 63.4 Å². The van der Waals surface area contributed by atoms with Crippen LogP contribution in [0, 0.1) is 32.1 Å². The van der Waals surface area contributed by atoms with Crippen molar-refractivity contribution in [1.29, 1.82) is 5.26 Å².